The number of amides is 1. The first-order chi connectivity index (χ1) is 18.6. The monoisotopic (exact) mass is 528 g/mol. The lowest BCUT2D eigenvalue weighted by Crippen LogP contribution is -2.41. The summed E-state index contributed by atoms with van der Waals surface area (Å²) in [4.78, 5) is 36.8. The molecule has 3 N–H and O–H groups in total. The van der Waals surface area contributed by atoms with Gasteiger partial charge in [-0.2, -0.15) is 4.98 Å². The van der Waals surface area contributed by atoms with Crippen molar-refractivity contribution in [2.45, 2.75) is 71.1 Å². The Morgan fingerprint density at radius 2 is 2.00 bits per heavy atom. The quantitative estimate of drug-likeness (QED) is 0.178. The van der Waals surface area contributed by atoms with Crippen molar-refractivity contribution in [3.8, 4) is 0 Å². The Hall–Kier alpha value is -4.05. The molecule has 1 aromatic carbocycles. The third kappa shape index (κ3) is 5.16. The number of nitrogens with zero attached hydrogens (tertiary/aromatic N) is 5. The van der Waals surface area contributed by atoms with E-state index in [2.05, 4.69) is 58.1 Å². The normalized spacial score (nSPS) is 16.3. The highest BCUT2D eigenvalue weighted by Crippen LogP contribution is 2.53. The van der Waals surface area contributed by atoms with Crippen LogP contribution in [0.5, 0.6) is 0 Å². The number of anilines is 2. The van der Waals surface area contributed by atoms with E-state index in [1.807, 2.05) is 19.9 Å². The van der Waals surface area contributed by atoms with Crippen LogP contribution in [0, 0.1) is 5.41 Å². The van der Waals surface area contributed by atoms with Gasteiger partial charge in [-0.3, -0.25) is 19.9 Å². The summed E-state index contributed by atoms with van der Waals surface area (Å²) in [6.45, 7) is 14.2. The van der Waals surface area contributed by atoms with Gasteiger partial charge in [0.25, 0.3) is 5.56 Å². The van der Waals surface area contributed by atoms with Crippen molar-refractivity contribution in [3.05, 3.63) is 70.7 Å². The van der Waals surface area contributed by atoms with Crippen LogP contribution in [-0.4, -0.2) is 54.6 Å². The lowest BCUT2D eigenvalue weighted by Gasteiger charge is -2.37. The molecule has 10 nitrogen and oxygen atoms in total. The third-order valence-corrected chi connectivity index (χ3v) is 7.43. The second-order valence-corrected chi connectivity index (χ2v) is 11.1. The van der Waals surface area contributed by atoms with E-state index in [1.54, 1.807) is 6.08 Å². The first kappa shape index (κ1) is 26.6. The van der Waals surface area contributed by atoms with Crippen molar-refractivity contribution in [1.29, 1.82) is 5.41 Å². The van der Waals surface area contributed by atoms with Crippen LogP contribution in [-0.2, 0) is 23.3 Å². The highest BCUT2D eigenvalue weighted by atomic mass is 16.1. The fourth-order valence-corrected chi connectivity index (χ4v) is 5.29. The summed E-state index contributed by atoms with van der Waals surface area (Å²) < 4.78 is 2.75. The van der Waals surface area contributed by atoms with Gasteiger partial charge >= 0.3 is 0 Å². The Balaban J connectivity index is 1.48. The summed E-state index contributed by atoms with van der Waals surface area (Å²) in [6, 6.07) is 6.92. The van der Waals surface area contributed by atoms with E-state index < -0.39 is 0 Å². The molecule has 3 aromatic rings. The molecular weight excluding hydrogens is 492 g/mol. The van der Waals surface area contributed by atoms with Gasteiger partial charge in [0.05, 0.1) is 6.54 Å². The van der Waals surface area contributed by atoms with E-state index in [4.69, 9.17) is 5.41 Å². The maximum Gasteiger partial charge on any atom is 0.278 e. The van der Waals surface area contributed by atoms with Gasteiger partial charge in [0, 0.05) is 48.5 Å². The summed E-state index contributed by atoms with van der Waals surface area (Å²) in [5.41, 5.74) is 3.82. The fourth-order valence-electron chi connectivity index (χ4n) is 5.29. The minimum atomic E-state index is -0.333. The average Bonchev–Trinajstić information content (AvgIpc) is 3.60. The second kappa shape index (κ2) is 10.3. The van der Waals surface area contributed by atoms with Crippen LogP contribution in [0.1, 0.15) is 51.7 Å². The molecule has 0 radical (unpaired) electrons. The predicted molar refractivity (Wildman–Crippen MR) is 154 cm³/mol. The van der Waals surface area contributed by atoms with Gasteiger partial charge in [0.15, 0.2) is 5.65 Å². The maximum atomic E-state index is 13.1. The zero-order chi connectivity index (χ0) is 27.9. The predicted octanol–water partition coefficient (Wildman–Crippen LogP) is 3.68. The molecule has 5 rings (SSSR count). The number of fused-ring (bicyclic) bond motifs is 3. The molecule has 204 valence electrons. The first-order valence-electron chi connectivity index (χ1n) is 13.4. The van der Waals surface area contributed by atoms with Crippen LogP contribution in [0.4, 0.5) is 11.6 Å². The van der Waals surface area contributed by atoms with E-state index in [0.29, 0.717) is 12.0 Å². The average molecular weight is 529 g/mol. The number of nitrogens with one attached hydrogen (secondary N) is 3. The maximum absolute atomic E-state index is 13.1. The van der Waals surface area contributed by atoms with Gasteiger partial charge in [-0.25, -0.2) is 14.3 Å². The molecular formula is C29H36N8O2. The van der Waals surface area contributed by atoms with Gasteiger partial charge in [0.1, 0.15) is 11.2 Å². The van der Waals surface area contributed by atoms with Crippen molar-refractivity contribution in [2.75, 3.05) is 11.9 Å². The Bertz CT molecular complexity index is 1540. The summed E-state index contributed by atoms with van der Waals surface area (Å²) >= 11 is 0. The fraction of sp³-hybridized carbons (Fsp3) is 0.414. The third-order valence-electron chi connectivity index (χ3n) is 7.43. The van der Waals surface area contributed by atoms with Crippen LogP contribution in [0.15, 0.2) is 54.0 Å². The van der Waals surface area contributed by atoms with Crippen LogP contribution < -0.4 is 16.2 Å². The SMILES string of the molecule is C=CCn1c(=O)c2cnc(Nc3ccc4c(c3)C3(CC3)CN(C(C)C)C4)nc2n1C(=N)/C=C\C(=O)NC(C)C. The van der Waals surface area contributed by atoms with Crippen molar-refractivity contribution >= 4 is 34.4 Å². The molecule has 0 saturated heterocycles. The minimum Gasteiger partial charge on any atom is -0.350 e. The van der Waals surface area contributed by atoms with Crippen LogP contribution in [0.2, 0.25) is 0 Å². The molecule has 1 saturated carbocycles. The van der Waals surface area contributed by atoms with Gasteiger partial charge in [-0.05, 0) is 69.9 Å². The Kier molecular flexibility index (Phi) is 6.98. The van der Waals surface area contributed by atoms with E-state index in [9.17, 15) is 9.59 Å². The van der Waals surface area contributed by atoms with Crippen molar-refractivity contribution < 1.29 is 4.79 Å². The molecule has 39 heavy (non-hydrogen) atoms. The van der Waals surface area contributed by atoms with E-state index in [0.717, 1.165) is 18.8 Å². The van der Waals surface area contributed by atoms with Crippen LogP contribution in [0.25, 0.3) is 11.0 Å². The smallest absolute Gasteiger partial charge is 0.278 e. The molecule has 0 unspecified atom stereocenters. The number of carbonyl (C=O) groups excluding carboxylic acids is 1. The lowest BCUT2D eigenvalue weighted by atomic mass is 9.86. The molecule has 2 aliphatic rings. The second-order valence-electron chi connectivity index (χ2n) is 11.1. The van der Waals surface area contributed by atoms with E-state index in [1.165, 1.54) is 51.7 Å². The van der Waals surface area contributed by atoms with Crippen molar-refractivity contribution in [1.82, 2.24) is 29.5 Å². The molecule has 0 atom stereocenters. The molecule has 2 aromatic heterocycles. The largest absolute Gasteiger partial charge is 0.350 e. The Labute approximate surface area is 227 Å². The van der Waals surface area contributed by atoms with Gasteiger partial charge < -0.3 is 10.6 Å². The Morgan fingerprint density at radius 3 is 2.67 bits per heavy atom. The number of hydrogen-bond acceptors (Lipinski definition) is 7. The van der Waals surface area contributed by atoms with Crippen molar-refractivity contribution in [2.24, 2.45) is 0 Å². The number of benzene rings is 1. The van der Waals surface area contributed by atoms with Gasteiger partial charge in [-0.15, -0.1) is 6.58 Å². The molecule has 1 amide bonds. The highest BCUT2D eigenvalue weighted by Gasteiger charge is 2.49. The number of hydrogen-bond donors (Lipinski definition) is 3. The lowest BCUT2D eigenvalue weighted by molar-refractivity contribution is -0.116. The first-order valence-corrected chi connectivity index (χ1v) is 13.4. The number of rotatable bonds is 8. The molecule has 1 spiro atoms. The van der Waals surface area contributed by atoms with Gasteiger partial charge in [0.2, 0.25) is 11.9 Å². The van der Waals surface area contributed by atoms with Crippen LogP contribution >= 0.6 is 0 Å². The summed E-state index contributed by atoms with van der Waals surface area (Å²) in [5.74, 6) is -0.0735. The zero-order valence-electron chi connectivity index (χ0n) is 23.0. The molecule has 1 fully saturated rings. The standard InChI is InChI=1S/C29H36N8O2/c1-6-13-36-27(39)22-15-31-28(34-26(22)37(36)24(30)9-10-25(38)32-18(2)3)33-21-8-7-20-16-35(19(4)5)17-29(11-12-29)23(20)14-21/h6-10,14-15,18-19,30H,1,11-13,16-17H2,2-5H3,(H,32,38)(H,31,33,34)/b10-9-,30-24?. The number of aromatic nitrogens is 4. The zero-order valence-corrected chi connectivity index (χ0v) is 23.0. The van der Waals surface area contributed by atoms with Crippen molar-refractivity contribution in [3.63, 3.8) is 0 Å². The van der Waals surface area contributed by atoms with E-state index >= 15 is 0 Å². The molecule has 1 aliphatic heterocycles. The molecule has 10 heteroatoms. The minimum absolute atomic E-state index is 0.0309. The van der Waals surface area contributed by atoms with E-state index in [-0.39, 0.29) is 46.3 Å². The van der Waals surface area contributed by atoms with Gasteiger partial charge in [-0.1, -0.05) is 12.1 Å². The van der Waals surface area contributed by atoms with Crippen LogP contribution in [0.3, 0.4) is 0 Å². The molecule has 3 heterocycles. The summed E-state index contributed by atoms with van der Waals surface area (Å²) in [5, 5.41) is 15.0. The summed E-state index contributed by atoms with van der Waals surface area (Å²) in [7, 11) is 0. The molecule has 1 aliphatic carbocycles. The topological polar surface area (TPSA) is 121 Å². The Morgan fingerprint density at radius 1 is 1.23 bits per heavy atom. The number of carbonyl (C=O) groups is 1. The molecule has 0 bridgehead atoms. The highest BCUT2D eigenvalue weighted by molar-refractivity contribution is 6.01. The summed E-state index contributed by atoms with van der Waals surface area (Å²) in [6.07, 6.45) is 8.08. The number of allylic oxidation sites excluding steroid dienone is 2.